The van der Waals surface area contributed by atoms with Crippen LogP contribution in [-0.4, -0.2) is 51.1 Å². The van der Waals surface area contributed by atoms with Gasteiger partial charge in [-0.3, -0.25) is 19.3 Å². The van der Waals surface area contributed by atoms with Gasteiger partial charge >= 0.3 is 0 Å². The smallest absolute Gasteiger partial charge is 0.269 e. The van der Waals surface area contributed by atoms with Gasteiger partial charge in [0, 0.05) is 43.1 Å². The van der Waals surface area contributed by atoms with Gasteiger partial charge in [0.15, 0.2) is 0 Å². The maximum absolute atomic E-state index is 13.4. The SMILES string of the molecule is CCc1cc(C(=O)N(C)[C@H](CCNC(=O)c2cc(C)nn2CC)Cc2ccccc2)cc(C)n1. The summed E-state index contributed by atoms with van der Waals surface area (Å²) in [6.07, 6.45) is 2.11. The summed E-state index contributed by atoms with van der Waals surface area (Å²) in [5, 5.41) is 7.37. The van der Waals surface area contributed by atoms with E-state index < -0.39 is 0 Å². The first-order chi connectivity index (χ1) is 16.3. The Morgan fingerprint density at radius 2 is 1.79 bits per heavy atom. The highest BCUT2D eigenvalue weighted by Gasteiger charge is 2.23. The van der Waals surface area contributed by atoms with Crippen LogP contribution in [0.15, 0.2) is 48.5 Å². The van der Waals surface area contributed by atoms with Crippen molar-refractivity contribution in [2.24, 2.45) is 0 Å². The second-order valence-electron chi connectivity index (χ2n) is 8.63. The molecule has 34 heavy (non-hydrogen) atoms. The van der Waals surface area contributed by atoms with Crippen LogP contribution in [0.2, 0.25) is 0 Å². The molecular weight excluding hydrogens is 426 g/mol. The maximum Gasteiger partial charge on any atom is 0.269 e. The lowest BCUT2D eigenvalue weighted by Crippen LogP contribution is -2.41. The molecular formula is C27H35N5O2. The molecule has 1 atom stereocenters. The van der Waals surface area contributed by atoms with Crippen molar-refractivity contribution in [3.8, 4) is 0 Å². The zero-order chi connectivity index (χ0) is 24.7. The van der Waals surface area contributed by atoms with Gasteiger partial charge < -0.3 is 10.2 Å². The zero-order valence-electron chi connectivity index (χ0n) is 20.8. The lowest BCUT2D eigenvalue weighted by atomic mass is 10.0. The molecule has 0 saturated heterocycles. The van der Waals surface area contributed by atoms with Crippen LogP contribution in [0, 0.1) is 13.8 Å². The number of likely N-dealkylation sites (N-methyl/N-ethyl adjacent to an activating group) is 1. The van der Waals surface area contributed by atoms with Crippen molar-refractivity contribution in [2.75, 3.05) is 13.6 Å². The summed E-state index contributed by atoms with van der Waals surface area (Å²) in [5.74, 6) is -0.181. The molecule has 3 rings (SSSR count). The number of pyridine rings is 1. The zero-order valence-corrected chi connectivity index (χ0v) is 20.8. The Kier molecular flexibility index (Phi) is 8.57. The summed E-state index contributed by atoms with van der Waals surface area (Å²) in [5.41, 5.74) is 4.92. The number of carbonyl (C=O) groups excluding carboxylic acids is 2. The molecule has 2 heterocycles. The molecule has 0 aliphatic carbocycles. The molecule has 0 bridgehead atoms. The number of nitrogens with zero attached hydrogens (tertiary/aromatic N) is 4. The quantitative estimate of drug-likeness (QED) is 0.495. The average Bonchev–Trinajstić information content (AvgIpc) is 3.23. The number of nitrogens with one attached hydrogen (secondary N) is 1. The molecule has 0 saturated carbocycles. The molecule has 0 unspecified atom stereocenters. The van der Waals surface area contributed by atoms with Gasteiger partial charge in [0.1, 0.15) is 5.69 Å². The second-order valence-corrected chi connectivity index (χ2v) is 8.63. The van der Waals surface area contributed by atoms with Crippen molar-refractivity contribution >= 4 is 11.8 Å². The van der Waals surface area contributed by atoms with E-state index in [1.165, 1.54) is 0 Å². The molecule has 7 nitrogen and oxygen atoms in total. The van der Waals surface area contributed by atoms with E-state index in [9.17, 15) is 9.59 Å². The van der Waals surface area contributed by atoms with Gasteiger partial charge in [0.2, 0.25) is 0 Å². The fraction of sp³-hybridized carbons (Fsp3) is 0.407. The highest BCUT2D eigenvalue weighted by Crippen LogP contribution is 2.16. The predicted octanol–water partition coefficient (Wildman–Crippen LogP) is 3.98. The third-order valence-corrected chi connectivity index (χ3v) is 6.00. The van der Waals surface area contributed by atoms with Crippen LogP contribution in [0.4, 0.5) is 0 Å². The molecule has 0 radical (unpaired) electrons. The Balaban J connectivity index is 1.74. The summed E-state index contributed by atoms with van der Waals surface area (Å²) >= 11 is 0. The van der Waals surface area contributed by atoms with Crippen molar-refractivity contribution in [3.63, 3.8) is 0 Å². The first-order valence-corrected chi connectivity index (χ1v) is 11.9. The standard InChI is InChI=1S/C27H35N5O2/c1-6-23-18-22(15-19(3)29-23)27(34)31(5)24(17-21-11-9-8-10-12-21)13-14-28-26(33)25-16-20(4)30-32(25)7-2/h8-12,15-16,18,24H,6-7,13-14,17H2,1-5H3,(H,28,33)/t24-/m1/s1. The van der Waals surface area contributed by atoms with Crippen LogP contribution in [0.1, 0.15) is 63.8 Å². The molecule has 0 aliphatic heterocycles. The fourth-order valence-corrected chi connectivity index (χ4v) is 4.14. The molecule has 2 amide bonds. The predicted molar refractivity (Wildman–Crippen MR) is 134 cm³/mol. The molecule has 0 spiro atoms. The first-order valence-electron chi connectivity index (χ1n) is 11.9. The third kappa shape index (κ3) is 6.31. The van der Waals surface area contributed by atoms with Crippen LogP contribution in [0.3, 0.4) is 0 Å². The van der Waals surface area contributed by atoms with Gasteiger partial charge in [-0.05, 0) is 63.8 Å². The van der Waals surface area contributed by atoms with Crippen LogP contribution in [0.25, 0.3) is 0 Å². The van der Waals surface area contributed by atoms with Gasteiger partial charge in [-0.2, -0.15) is 5.10 Å². The van der Waals surface area contributed by atoms with E-state index in [0.717, 1.165) is 29.1 Å². The van der Waals surface area contributed by atoms with Gasteiger partial charge in [-0.15, -0.1) is 0 Å². The van der Waals surface area contributed by atoms with Crippen molar-refractivity contribution in [2.45, 2.75) is 59.5 Å². The molecule has 180 valence electrons. The van der Waals surface area contributed by atoms with Crippen molar-refractivity contribution in [1.29, 1.82) is 0 Å². The highest BCUT2D eigenvalue weighted by atomic mass is 16.2. The Labute approximate surface area is 202 Å². The number of amides is 2. The van der Waals surface area contributed by atoms with E-state index in [-0.39, 0.29) is 17.9 Å². The average molecular weight is 462 g/mol. The Morgan fingerprint density at radius 3 is 2.47 bits per heavy atom. The third-order valence-electron chi connectivity index (χ3n) is 6.00. The summed E-state index contributed by atoms with van der Waals surface area (Å²) in [7, 11) is 1.84. The maximum atomic E-state index is 13.4. The van der Waals surface area contributed by atoms with E-state index in [1.807, 2.05) is 65.1 Å². The largest absolute Gasteiger partial charge is 0.351 e. The number of hydrogen-bond acceptors (Lipinski definition) is 4. The summed E-state index contributed by atoms with van der Waals surface area (Å²) < 4.78 is 1.71. The minimum Gasteiger partial charge on any atom is -0.351 e. The topological polar surface area (TPSA) is 80.1 Å². The van der Waals surface area contributed by atoms with Crippen LogP contribution in [-0.2, 0) is 19.4 Å². The summed E-state index contributed by atoms with van der Waals surface area (Å²) in [4.78, 5) is 32.4. The van der Waals surface area contributed by atoms with Gasteiger partial charge in [0.05, 0.1) is 5.69 Å². The number of rotatable bonds is 10. The van der Waals surface area contributed by atoms with Gasteiger partial charge in [-0.1, -0.05) is 37.3 Å². The van der Waals surface area contributed by atoms with Crippen LogP contribution >= 0.6 is 0 Å². The van der Waals surface area contributed by atoms with E-state index >= 15 is 0 Å². The minimum absolute atomic E-state index is 0.0351. The lowest BCUT2D eigenvalue weighted by molar-refractivity contribution is 0.0722. The Bertz CT molecular complexity index is 1120. The Morgan fingerprint density at radius 1 is 1.06 bits per heavy atom. The molecule has 3 aromatic rings. The Hall–Kier alpha value is -3.48. The lowest BCUT2D eigenvalue weighted by Gasteiger charge is -2.29. The van der Waals surface area contributed by atoms with Gasteiger partial charge in [0.25, 0.3) is 11.8 Å². The summed E-state index contributed by atoms with van der Waals surface area (Å²) in [6, 6.07) is 15.6. The molecule has 2 aromatic heterocycles. The van der Waals surface area contributed by atoms with E-state index in [4.69, 9.17) is 0 Å². The highest BCUT2D eigenvalue weighted by molar-refractivity contribution is 5.94. The second kappa shape index (κ2) is 11.6. The van der Waals surface area contributed by atoms with Gasteiger partial charge in [-0.25, -0.2) is 0 Å². The monoisotopic (exact) mass is 461 g/mol. The van der Waals surface area contributed by atoms with Crippen molar-refractivity contribution < 1.29 is 9.59 Å². The minimum atomic E-state index is -0.146. The summed E-state index contributed by atoms with van der Waals surface area (Å²) in [6.45, 7) is 8.88. The number of carbonyl (C=O) groups is 2. The van der Waals surface area contributed by atoms with Crippen molar-refractivity contribution in [1.82, 2.24) is 25.0 Å². The number of aromatic nitrogens is 3. The molecule has 1 aromatic carbocycles. The van der Waals surface area contributed by atoms with E-state index in [1.54, 1.807) is 15.6 Å². The van der Waals surface area contributed by atoms with E-state index in [0.29, 0.717) is 37.2 Å². The molecule has 7 heteroatoms. The first kappa shape index (κ1) is 25.1. The molecule has 0 aliphatic rings. The normalized spacial score (nSPS) is 11.8. The van der Waals surface area contributed by atoms with Crippen LogP contribution < -0.4 is 5.32 Å². The number of hydrogen-bond donors (Lipinski definition) is 1. The molecule has 1 N–H and O–H groups in total. The molecule has 0 fully saturated rings. The number of benzene rings is 1. The van der Waals surface area contributed by atoms with E-state index in [2.05, 4.69) is 27.5 Å². The number of aryl methyl sites for hydroxylation is 4. The van der Waals surface area contributed by atoms with Crippen molar-refractivity contribution in [3.05, 3.63) is 82.4 Å². The fourth-order valence-electron chi connectivity index (χ4n) is 4.14. The van der Waals surface area contributed by atoms with Crippen LogP contribution in [0.5, 0.6) is 0 Å².